The van der Waals surface area contributed by atoms with Crippen LogP contribution in [0.1, 0.15) is 43.2 Å². The van der Waals surface area contributed by atoms with Crippen LogP contribution in [0.15, 0.2) is 49.2 Å². The molecule has 0 spiro atoms. The van der Waals surface area contributed by atoms with Gasteiger partial charge in [-0.15, -0.1) is 0 Å². The first kappa shape index (κ1) is 25.3. The van der Waals surface area contributed by atoms with Crippen LogP contribution in [-0.4, -0.2) is 71.2 Å². The van der Waals surface area contributed by atoms with Crippen LogP contribution in [0.5, 0.6) is 5.75 Å². The van der Waals surface area contributed by atoms with E-state index in [1.807, 2.05) is 6.20 Å². The van der Waals surface area contributed by atoms with Crippen molar-refractivity contribution in [2.75, 3.05) is 19.7 Å². The Labute approximate surface area is 217 Å². The second-order valence-corrected chi connectivity index (χ2v) is 9.21. The highest BCUT2D eigenvalue weighted by molar-refractivity contribution is 5.81. The average Bonchev–Trinajstić information content (AvgIpc) is 3.60. The number of pyridine rings is 2. The van der Waals surface area contributed by atoms with Crippen molar-refractivity contribution in [2.45, 2.75) is 38.0 Å². The van der Waals surface area contributed by atoms with E-state index in [1.54, 1.807) is 45.5 Å². The molecule has 11 nitrogen and oxygen atoms in total. The number of hydrogen-bond donors (Lipinski definition) is 2. The zero-order valence-corrected chi connectivity index (χ0v) is 20.6. The lowest BCUT2D eigenvalue weighted by atomic mass is 10.0. The predicted octanol–water partition coefficient (Wildman–Crippen LogP) is 2.26. The molecule has 1 amide bonds. The van der Waals surface area contributed by atoms with Gasteiger partial charge in [-0.1, -0.05) is 0 Å². The summed E-state index contributed by atoms with van der Waals surface area (Å²) in [7, 11) is 0. The Morgan fingerprint density at radius 3 is 2.84 bits per heavy atom. The van der Waals surface area contributed by atoms with E-state index in [-0.39, 0.29) is 6.04 Å². The Morgan fingerprint density at radius 2 is 2.11 bits per heavy atom. The Hall–Kier alpha value is -4.34. The molecular weight excluding hydrogens is 493 g/mol. The highest BCUT2D eigenvalue weighted by Crippen LogP contribution is 2.33. The summed E-state index contributed by atoms with van der Waals surface area (Å²) >= 11 is 0. The first-order valence-electron chi connectivity index (χ1n) is 12.2. The fraction of sp³-hybridized carbons (Fsp3) is 0.346. The molecule has 4 aromatic rings. The molecule has 38 heavy (non-hydrogen) atoms. The molecule has 1 aliphatic rings. The maximum absolute atomic E-state index is 13.3. The Bertz CT molecular complexity index is 1490. The number of amides is 1. The van der Waals surface area contributed by atoms with Gasteiger partial charge in [0.25, 0.3) is 5.91 Å². The SMILES string of the molecule is C[C@@H](Oc1cc(-c2cnn(C3CCCN(C(=O)[C@H](O)CO)C3)c2)cn2ncc(C#N)c12)c1ccc(F)cn1. The zero-order valence-electron chi connectivity index (χ0n) is 20.6. The van der Waals surface area contributed by atoms with E-state index < -0.39 is 30.5 Å². The third-order valence-corrected chi connectivity index (χ3v) is 6.64. The normalized spacial score (nSPS) is 17.2. The van der Waals surface area contributed by atoms with Crippen LogP contribution in [0.25, 0.3) is 16.6 Å². The highest BCUT2D eigenvalue weighted by atomic mass is 19.1. The van der Waals surface area contributed by atoms with Gasteiger partial charge >= 0.3 is 0 Å². The quantitative estimate of drug-likeness (QED) is 0.379. The van der Waals surface area contributed by atoms with Gasteiger partial charge in [0, 0.05) is 36.6 Å². The second kappa shape index (κ2) is 10.6. The van der Waals surface area contributed by atoms with Gasteiger partial charge in [-0.05, 0) is 38.0 Å². The summed E-state index contributed by atoms with van der Waals surface area (Å²) in [4.78, 5) is 18.0. The molecule has 1 fully saturated rings. The summed E-state index contributed by atoms with van der Waals surface area (Å²) in [5.41, 5.74) is 2.89. The van der Waals surface area contributed by atoms with Crippen LogP contribution in [0.3, 0.4) is 0 Å². The van der Waals surface area contributed by atoms with Crippen molar-refractivity contribution in [3.8, 4) is 22.9 Å². The van der Waals surface area contributed by atoms with Crippen molar-refractivity contribution >= 4 is 11.4 Å². The van der Waals surface area contributed by atoms with Gasteiger partial charge in [0.2, 0.25) is 0 Å². The van der Waals surface area contributed by atoms with Gasteiger partial charge in [0.1, 0.15) is 34.8 Å². The molecule has 1 unspecified atom stereocenters. The lowest BCUT2D eigenvalue weighted by Gasteiger charge is -2.33. The van der Waals surface area contributed by atoms with Crippen molar-refractivity contribution in [1.82, 2.24) is 29.3 Å². The van der Waals surface area contributed by atoms with E-state index in [4.69, 9.17) is 9.84 Å². The summed E-state index contributed by atoms with van der Waals surface area (Å²) in [6.45, 7) is 2.06. The number of ether oxygens (including phenoxy) is 1. The lowest BCUT2D eigenvalue weighted by Crippen LogP contribution is -2.46. The van der Waals surface area contributed by atoms with E-state index in [2.05, 4.69) is 21.3 Å². The number of carbonyl (C=O) groups excluding carboxylic acids is 1. The predicted molar refractivity (Wildman–Crippen MR) is 132 cm³/mol. The third kappa shape index (κ3) is 4.93. The number of aliphatic hydroxyl groups is 2. The molecule has 5 heterocycles. The Morgan fingerprint density at radius 1 is 1.26 bits per heavy atom. The summed E-state index contributed by atoms with van der Waals surface area (Å²) in [6.07, 6.45) is 7.53. The topological polar surface area (TPSA) is 142 Å². The van der Waals surface area contributed by atoms with Crippen molar-refractivity contribution < 1.29 is 24.1 Å². The number of aliphatic hydroxyl groups excluding tert-OH is 2. The van der Waals surface area contributed by atoms with E-state index in [0.29, 0.717) is 35.6 Å². The lowest BCUT2D eigenvalue weighted by molar-refractivity contribution is -0.143. The number of likely N-dealkylation sites (tertiary alicyclic amines) is 1. The minimum absolute atomic E-state index is 0.0914. The van der Waals surface area contributed by atoms with Gasteiger partial charge in [0.15, 0.2) is 6.10 Å². The van der Waals surface area contributed by atoms with Crippen molar-refractivity contribution in [3.63, 3.8) is 0 Å². The first-order valence-corrected chi connectivity index (χ1v) is 12.2. The van der Waals surface area contributed by atoms with Crippen LogP contribution in [-0.2, 0) is 4.79 Å². The van der Waals surface area contributed by atoms with Gasteiger partial charge in [-0.3, -0.25) is 14.5 Å². The molecule has 0 radical (unpaired) electrons. The number of piperidine rings is 1. The molecule has 1 aliphatic heterocycles. The molecule has 0 bridgehead atoms. The average molecular weight is 520 g/mol. The fourth-order valence-electron chi connectivity index (χ4n) is 4.64. The minimum atomic E-state index is -1.42. The molecule has 5 rings (SSSR count). The molecule has 12 heteroatoms. The van der Waals surface area contributed by atoms with E-state index in [0.717, 1.165) is 30.2 Å². The van der Waals surface area contributed by atoms with Crippen LogP contribution >= 0.6 is 0 Å². The van der Waals surface area contributed by atoms with Crippen LogP contribution in [0, 0.1) is 17.1 Å². The van der Waals surface area contributed by atoms with Crippen molar-refractivity contribution in [2.24, 2.45) is 0 Å². The molecule has 1 saturated heterocycles. The summed E-state index contributed by atoms with van der Waals surface area (Å²) in [5, 5.41) is 37.3. The number of fused-ring (bicyclic) bond motifs is 1. The zero-order chi connectivity index (χ0) is 26.8. The number of nitrogens with zero attached hydrogens (tertiary/aromatic N) is 7. The van der Waals surface area contributed by atoms with Gasteiger partial charge in [-0.25, -0.2) is 8.91 Å². The van der Waals surface area contributed by atoms with Crippen LogP contribution in [0.4, 0.5) is 4.39 Å². The molecular formula is C26H26FN7O4. The number of nitriles is 1. The monoisotopic (exact) mass is 519 g/mol. The smallest absolute Gasteiger partial charge is 0.253 e. The van der Waals surface area contributed by atoms with Gasteiger partial charge in [0.05, 0.1) is 36.9 Å². The Kier molecular flexibility index (Phi) is 7.04. The number of hydrogen-bond acceptors (Lipinski definition) is 8. The number of halogens is 1. The van der Waals surface area contributed by atoms with Crippen molar-refractivity contribution in [3.05, 3.63) is 66.3 Å². The minimum Gasteiger partial charge on any atom is -0.482 e. The van der Waals surface area contributed by atoms with Gasteiger partial charge < -0.3 is 19.8 Å². The maximum Gasteiger partial charge on any atom is 0.253 e. The summed E-state index contributed by atoms with van der Waals surface area (Å²) < 4.78 is 22.9. The first-order chi connectivity index (χ1) is 18.4. The molecule has 0 aromatic carbocycles. The molecule has 4 aromatic heterocycles. The second-order valence-electron chi connectivity index (χ2n) is 9.21. The maximum atomic E-state index is 13.3. The highest BCUT2D eigenvalue weighted by Gasteiger charge is 2.29. The summed E-state index contributed by atoms with van der Waals surface area (Å²) in [6, 6.07) is 6.70. The van der Waals surface area contributed by atoms with Crippen LogP contribution in [0.2, 0.25) is 0 Å². The molecule has 2 N–H and O–H groups in total. The number of rotatable bonds is 7. The number of aromatic nitrogens is 5. The molecule has 0 aliphatic carbocycles. The summed E-state index contributed by atoms with van der Waals surface area (Å²) in [5.74, 6) is -0.524. The van der Waals surface area contributed by atoms with Crippen LogP contribution < -0.4 is 4.74 Å². The van der Waals surface area contributed by atoms with Gasteiger partial charge in [-0.2, -0.15) is 15.5 Å². The fourth-order valence-corrected chi connectivity index (χ4v) is 4.64. The largest absolute Gasteiger partial charge is 0.482 e. The van der Waals surface area contributed by atoms with E-state index in [9.17, 15) is 19.6 Å². The number of carbonyl (C=O) groups is 1. The third-order valence-electron chi connectivity index (χ3n) is 6.64. The van der Waals surface area contributed by atoms with E-state index in [1.165, 1.54) is 12.3 Å². The Balaban J connectivity index is 1.44. The standard InChI is InChI=1S/C26H26FN7O4/c1-16(22-5-4-20(27)11-29-22)38-24-7-17(12-34-25(24)18(8-28)9-31-34)19-10-30-33(13-19)21-3-2-6-32(14-21)26(37)23(36)15-35/h4-5,7,9-13,16,21,23,35-36H,2-3,6,14-15H2,1H3/t16-,21?,23-/m1/s1. The van der Waals surface area contributed by atoms with E-state index >= 15 is 0 Å². The molecule has 3 atom stereocenters. The molecule has 0 saturated carbocycles. The van der Waals surface area contributed by atoms with Crippen molar-refractivity contribution in [1.29, 1.82) is 5.26 Å². The molecule has 196 valence electrons.